The Balaban J connectivity index is 1.01. The second-order valence-corrected chi connectivity index (χ2v) is 20.6. The molecule has 1 nitrogen and oxygen atoms in total. The van der Waals surface area contributed by atoms with Gasteiger partial charge in [0.05, 0.1) is 10.8 Å². The zero-order valence-electron chi connectivity index (χ0n) is 37.9. The molecule has 4 bridgehead atoms. The lowest BCUT2D eigenvalue weighted by Gasteiger charge is -2.57. The van der Waals surface area contributed by atoms with E-state index in [4.69, 9.17) is 0 Å². The van der Waals surface area contributed by atoms with Crippen molar-refractivity contribution in [2.45, 2.75) is 54.8 Å². The van der Waals surface area contributed by atoms with E-state index in [1.807, 2.05) is 0 Å². The van der Waals surface area contributed by atoms with Gasteiger partial charge in [-0.3, -0.25) is 0 Å². The highest BCUT2D eigenvalue weighted by atomic mass is 15.1. The Morgan fingerprint density at radius 3 is 1.00 bits per heavy atom. The number of benzene rings is 9. The number of nitrogens with zero attached hydrogens (tertiary/aromatic N) is 1. The highest BCUT2D eigenvalue weighted by molar-refractivity contribution is 5.92. The molecule has 0 N–H and O–H groups in total. The van der Waals surface area contributed by atoms with E-state index in [0.717, 1.165) is 29.1 Å². The highest BCUT2D eigenvalue weighted by Gasteiger charge is 2.52. The summed E-state index contributed by atoms with van der Waals surface area (Å²) in [5.74, 6) is 2.70. The van der Waals surface area contributed by atoms with E-state index >= 15 is 0 Å². The Morgan fingerprint density at radius 1 is 0.284 bits per heavy atom. The van der Waals surface area contributed by atoms with Gasteiger partial charge in [0.2, 0.25) is 0 Å². The molecule has 6 aliphatic rings. The van der Waals surface area contributed by atoms with Crippen LogP contribution < -0.4 is 4.90 Å². The maximum absolute atomic E-state index is 2.57. The fourth-order valence-electron chi connectivity index (χ4n) is 15.0. The van der Waals surface area contributed by atoms with E-state index in [0.29, 0.717) is 5.41 Å². The average Bonchev–Trinajstić information content (AvgIpc) is 3.85. The van der Waals surface area contributed by atoms with Gasteiger partial charge < -0.3 is 4.90 Å². The van der Waals surface area contributed by atoms with E-state index in [1.165, 1.54) is 111 Å². The molecule has 0 heterocycles. The summed E-state index contributed by atoms with van der Waals surface area (Å²) in [7, 11) is 0. The van der Waals surface area contributed by atoms with E-state index < -0.39 is 10.8 Å². The third-order valence-corrected chi connectivity index (χ3v) is 17.2. The number of anilines is 3. The van der Waals surface area contributed by atoms with Crippen LogP contribution in [0.25, 0.3) is 22.3 Å². The van der Waals surface area contributed by atoms with E-state index in [1.54, 1.807) is 5.56 Å². The summed E-state index contributed by atoms with van der Waals surface area (Å²) in [4.78, 5) is 2.57. The third-order valence-electron chi connectivity index (χ3n) is 17.2. The van der Waals surface area contributed by atoms with Crippen LogP contribution >= 0.6 is 0 Å². The fourth-order valence-corrected chi connectivity index (χ4v) is 15.0. The topological polar surface area (TPSA) is 3.24 Å². The Labute approximate surface area is 395 Å². The normalized spacial score (nSPS) is 21.8. The lowest BCUT2D eigenvalue weighted by atomic mass is 9.48. The summed E-state index contributed by atoms with van der Waals surface area (Å²) in [6.45, 7) is 0. The second kappa shape index (κ2) is 14.9. The summed E-state index contributed by atoms with van der Waals surface area (Å²) in [5, 5.41) is 0. The minimum absolute atomic E-state index is 0.326. The summed E-state index contributed by atoms with van der Waals surface area (Å²) in [5.41, 5.74) is 20.0. The molecule has 15 rings (SSSR count). The number of fused-ring (bicyclic) bond motifs is 6. The standard InChI is InChI=1S/C66H53N/c1-5-17-49(18-6-1)65(50-19-7-2-8-20-50)60-27-15-13-25-56(60)58-35-33-54(40-62(58)65)67(53-31-29-48(30-32-53)64-42-45-37-46(43-64)39-47(38-45)44-64)55-34-36-59-57-26-14-16-28-61(57)66(63(59)41-55,51-21-9-3-10-22-51)52-23-11-4-12-24-52/h1-36,40-41,45-47H,37-39,42-44H2. The van der Waals surface area contributed by atoms with Crippen LogP contribution in [0.15, 0.2) is 231 Å². The molecular formula is C66H53N. The first-order valence-corrected chi connectivity index (χ1v) is 24.8. The molecule has 0 amide bonds. The van der Waals surface area contributed by atoms with Crippen molar-refractivity contribution >= 4 is 17.1 Å². The minimum atomic E-state index is -0.506. The zero-order chi connectivity index (χ0) is 44.2. The predicted octanol–water partition coefficient (Wildman–Crippen LogP) is 16.4. The van der Waals surface area contributed by atoms with Crippen molar-refractivity contribution in [2.24, 2.45) is 17.8 Å². The van der Waals surface area contributed by atoms with Gasteiger partial charge in [-0.15, -0.1) is 0 Å². The lowest BCUT2D eigenvalue weighted by Crippen LogP contribution is -2.48. The molecule has 1 heteroatoms. The molecule has 0 aliphatic heterocycles. The van der Waals surface area contributed by atoms with Crippen LogP contribution in [0.1, 0.15) is 88.6 Å². The van der Waals surface area contributed by atoms with Gasteiger partial charge in [-0.25, -0.2) is 0 Å². The van der Waals surface area contributed by atoms with Gasteiger partial charge >= 0.3 is 0 Å². The molecule has 67 heavy (non-hydrogen) atoms. The number of hydrogen-bond acceptors (Lipinski definition) is 1. The van der Waals surface area contributed by atoms with Crippen LogP contribution in [0.4, 0.5) is 17.1 Å². The highest BCUT2D eigenvalue weighted by Crippen LogP contribution is 2.62. The van der Waals surface area contributed by atoms with E-state index in [2.05, 4.69) is 235 Å². The summed E-state index contributed by atoms with van der Waals surface area (Å²) < 4.78 is 0. The van der Waals surface area contributed by atoms with Crippen molar-refractivity contribution in [3.63, 3.8) is 0 Å². The Hall–Kier alpha value is -7.22. The van der Waals surface area contributed by atoms with Crippen LogP contribution in [0.5, 0.6) is 0 Å². The Bertz CT molecular complexity index is 3020. The van der Waals surface area contributed by atoms with Crippen LogP contribution in [-0.4, -0.2) is 0 Å². The van der Waals surface area contributed by atoms with Crippen molar-refractivity contribution in [1.82, 2.24) is 0 Å². The molecule has 4 saturated carbocycles. The molecule has 322 valence electrons. The van der Waals surface area contributed by atoms with Crippen molar-refractivity contribution in [1.29, 1.82) is 0 Å². The van der Waals surface area contributed by atoms with Crippen LogP contribution in [0, 0.1) is 17.8 Å². The molecular weight excluding hydrogens is 807 g/mol. The van der Waals surface area contributed by atoms with Gasteiger partial charge in [-0.2, -0.15) is 0 Å². The SMILES string of the molecule is c1ccc(C2(c3ccccc3)c3ccccc3-c3ccc(N(c4ccc(C56CC7CC(CC(C7)C5)C6)cc4)c4ccc5c(c4)C(c4ccccc4)(c4ccccc4)c4ccccc4-5)cc32)cc1. The van der Waals surface area contributed by atoms with Gasteiger partial charge in [-0.1, -0.05) is 194 Å². The number of rotatable bonds is 8. The maximum atomic E-state index is 2.57. The quantitative estimate of drug-likeness (QED) is 0.147. The Kier molecular flexibility index (Phi) is 8.67. The Morgan fingerprint density at radius 2 is 0.612 bits per heavy atom. The molecule has 0 atom stereocenters. The van der Waals surface area contributed by atoms with Gasteiger partial charge in [0.15, 0.2) is 0 Å². The molecule has 0 radical (unpaired) electrons. The maximum Gasteiger partial charge on any atom is 0.0714 e. The van der Waals surface area contributed by atoms with Crippen molar-refractivity contribution < 1.29 is 0 Å². The first-order valence-electron chi connectivity index (χ1n) is 24.8. The number of hydrogen-bond donors (Lipinski definition) is 0. The van der Waals surface area contributed by atoms with Crippen molar-refractivity contribution in [2.75, 3.05) is 4.90 Å². The second-order valence-electron chi connectivity index (χ2n) is 20.6. The monoisotopic (exact) mass is 859 g/mol. The van der Waals surface area contributed by atoms with Crippen LogP contribution in [-0.2, 0) is 16.2 Å². The van der Waals surface area contributed by atoms with Crippen molar-refractivity contribution in [3.05, 3.63) is 281 Å². The van der Waals surface area contributed by atoms with E-state index in [-0.39, 0.29) is 0 Å². The molecule has 6 aliphatic carbocycles. The first kappa shape index (κ1) is 39.0. The van der Waals surface area contributed by atoms with Gasteiger partial charge in [0.25, 0.3) is 0 Å². The first-order chi connectivity index (χ1) is 33.1. The lowest BCUT2D eigenvalue weighted by molar-refractivity contribution is -0.00518. The molecule has 0 aromatic heterocycles. The fraction of sp³-hybridized carbons (Fsp3) is 0.182. The summed E-state index contributed by atoms with van der Waals surface area (Å²) in [6.07, 6.45) is 8.45. The summed E-state index contributed by atoms with van der Waals surface area (Å²) >= 11 is 0. The van der Waals surface area contributed by atoms with Gasteiger partial charge in [0.1, 0.15) is 0 Å². The molecule has 9 aromatic carbocycles. The van der Waals surface area contributed by atoms with Gasteiger partial charge in [0, 0.05) is 17.1 Å². The zero-order valence-corrected chi connectivity index (χ0v) is 37.9. The van der Waals surface area contributed by atoms with Gasteiger partial charge in [-0.05, 0) is 170 Å². The summed E-state index contributed by atoms with van der Waals surface area (Å²) in [6, 6.07) is 87.7. The minimum Gasteiger partial charge on any atom is -0.310 e. The third kappa shape index (κ3) is 5.61. The molecule has 0 unspecified atom stereocenters. The predicted molar refractivity (Wildman–Crippen MR) is 276 cm³/mol. The van der Waals surface area contributed by atoms with E-state index in [9.17, 15) is 0 Å². The van der Waals surface area contributed by atoms with Crippen LogP contribution in [0.3, 0.4) is 0 Å². The van der Waals surface area contributed by atoms with Crippen LogP contribution in [0.2, 0.25) is 0 Å². The molecule has 9 aromatic rings. The molecule has 0 spiro atoms. The van der Waals surface area contributed by atoms with Crippen molar-refractivity contribution in [3.8, 4) is 22.3 Å². The average molecular weight is 860 g/mol. The smallest absolute Gasteiger partial charge is 0.0714 e. The largest absolute Gasteiger partial charge is 0.310 e. The molecule has 0 saturated heterocycles. The molecule has 4 fully saturated rings.